The van der Waals surface area contributed by atoms with Crippen LogP contribution in [0.3, 0.4) is 0 Å². The quantitative estimate of drug-likeness (QED) is 0.465. The van der Waals surface area contributed by atoms with Crippen LogP contribution < -0.4 is 5.73 Å². The summed E-state index contributed by atoms with van der Waals surface area (Å²) >= 11 is 16.9. The van der Waals surface area contributed by atoms with Crippen molar-refractivity contribution in [3.8, 4) is 0 Å². The van der Waals surface area contributed by atoms with Crippen molar-refractivity contribution in [2.75, 3.05) is 5.73 Å². The lowest BCUT2D eigenvalue weighted by Gasteiger charge is -2.08. The lowest BCUT2D eigenvalue weighted by molar-refractivity contribution is -0.144. The van der Waals surface area contributed by atoms with E-state index in [0.29, 0.717) is 10.2 Å². The molecule has 11 heteroatoms. The number of hydrogen-bond acceptors (Lipinski definition) is 4. The summed E-state index contributed by atoms with van der Waals surface area (Å²) in [6.07, 6.45) is -4.76. The van der Waals surface area contributed by atoms with Gasteiger partial charge in [0, 0.05) is 5.56 Å². The van der Waals surface area contributed by atoms with Gasteiger partial charge in [0.1, 0.15) is 4.49 Å². The second-order valence-corrected chi connectivity index (χ2v) is 5.86. The number of anilines is 1. The third-order valence-electron chi connectivity index (χ3n) is 2.76. The van der Waals surface area contributed by atoms with Crippen LogP contribution in [0.1, 0.15) is 17.0 Å². The first-order valence-electron chi connectivity index (χ1n) is 6.26. The minimum absolute atomic E-state index is 0.112. The summed E-state index contributed by atoms with van der Waals surface area (Å²) in [7, 11) is 0. The van der Waals surface area contributed by atoms with Crippen molar-refractivity contribution in [1.29, 1.82) is 0 Å². The average Bonchev–Trinajstić information content (AvgIpc) is 2.87. The van der Waals surface area contributed by atoms with Crippen LogP contribution in [-0.2, 0) is 6.18 Å². The summed E-state index contributed by atoms with van der Waals surface area (Å²) in [5.74, 6) is -2.03. The van der Waals surface area contributed by atoms with Crippen LogP contribution in [0.2, 0.25) is 0 Å². The Balaban J connectivity index is 2.66. The van der Waals surface area contributed by atoms with E-state index in [2.05, 4.69) is 15.1 Å². The van der Waals surface area contributed by atoms with Crippen molar-refractivity contribution in [2.45, 2.75) is 13.1 Å². The molecule has 0 aliphatic carbocycles. The molecule has 2 rings (SSSR count). The number of aryl methyl sites for hydroxylation is 1. The second kappa shape index (κ2) is 7.00. The summed E-state index contributed by atoms with van der Waals surface area (Å²) < 4.78 is 38.7. The molecule has 0 unspecified atom stereocenters. The molecule has 0 radical (unpaired) electrons. The van der Waals surface area contributed by atoms with Crippen LogP contribution in [0.5, 0.6) is 0 Å². The zero-order valence-electron chi connectivity index (χ0n) is 11.9. The van der Waals surface area contributed by atoms with Crippen molar-refractivity contribution in [3.63, 3.8) is 0 Å². The molecule has 0 atom stereocenters. The summed E-state index contributed by atoms with van der Waals surface area (Å²) in [5, 5.41) is 3.01. The molecular formula is C13H9Cl3F3N5. The minimum atomic E-state index is -4.76. The lowest BCUT2D eigenvalue weighted by Crippen LogP contribution is -2.19. The summed E-state index contributed by atoms with van der Waals surface area (Å²) in [6.45, 7) is 1.84. The fraction of sp³-hybridized carbons (Fsp3) is 0.154. The second-order valence-electron chi connectivity index (χ2n) is 4.56. The predicted octanol–water partition coefficient (Wildman–Crippen LogP) is 4.33. The van der Waals surface area contributed by atoms with Crippen LogP contribution in [-0.4, -0.2) is 20.6 Å². The van der Waals surface area contributed by atoms with E-state index in [4.69, 9.17) is 40.5 Å². The van der Waals surface area contributed by atoms with E-state index < -0.39 is 17.9 Å². The maximum atomic E-state index is 12.8. The lowest BCUT2D eigenvalue weighted by atomic mass is 10.1. The number of aromatic nitrogens is 3. The number of alkyl halides is 3. The maximum absolute atomic E-state index is 12.8. The first kappa shape index (κ1) is 18.6. The number of benzene rings is 1. The van der Waals surface area contributed by atoms with E-state index in [0.717, 1.165) is 5.56 Å². The molecule has 5 nitrogen and oxygen atoms in total. The van der Waals surface area contributed by atoms with E-state index in [1.807, 2.05) is 6.92 Å². The molecule has 2 aromatic rings. The topological polar surface area (TPSA) is 69.1 Å². The molecule has 0 amide bonds. The van der Waals surface area contributed by atoms with Gasteiger partial charge in [0.2, 0.25) is 5.95 Å². The van der Waals surface area contributed by atoms with Gasteiger partial charge in [0.15, 0.2) is 11.0 Å². The number of rotatable bonds is 2. The van der Waals surface area contributed by atoms with E-state index in [9.17, 15) is 13.2 Å². The van der Waals surface area contributed by atoms with Gasteiger partial charge in [-0.3, -0.25) is 0 Å². The number of nitrogen functional groups attached to an aromatic ring is 1. The normalized spacial score (nSPS) is 12.4. The first-order chi connectivity index (χ1) is 11.1. The van der Waals surface area contributed by atoms with Crippen molar-refractivity contribution < 1.29 is 13.2 Å². The van der Waals surface area contributed by atoms with Gasteiger partial charge >= 0.3 is 6.18 Å². The molecular weight excluding hydrogens is 390 g/mol. The number of halogens is 6. The predicted molar refractivity (Wildman–Crippen MR) is 87.1 cm³/mol. The highest BCUT2D eigenvalue weighted by Gasteiger charge is 2.37. The van der Waals surface area contributed by atoms with Crippen LogP contribution in [0, 0.1) is 6.92 Å². The van der Waals surface area contributed by atoms with E-state index >= 15 is 0 Å². The van der Waals surface area contributed by atoms with Gasteiger partial charge in [-0.05, 0) is 6.92 Å². The van der Waals surface area contributed by atoms with E-state index in [-0.39, 0.29) is 15.5 Å². The Labute approximate surface area is 149 Å². The maximum Gasteiger partial charge on any atom is 0.453 e. The van der Waals surface area contributed by atoms with Crippen LogP contribution in [0.15, 0.2) is 38.9 Å². The number of nitrogens with zero attached hydrogens (tertiary/aromatic N) is 4. The van der Waals surface area contributed by atoms with E-state index in [1.165, 1.54) is 0 Å². The smallest absolute Gasteiger partial charge is 0.368 e. The Bertz CT molecular complexity index is 805. The highest BCUT2D eigenvalue weighted by Crippen LogP contribution is 2.27. The van der Waals surface area contributed by atoms with Gasteiger partial charge in [-0.2, -0.15) is 22.8 Å². The molecule has 1 aromatic carbocycles. The van der Waals surface area contributed by atoms with Crippen LogP contribution in [0.4, 0.5) is 19.1 Å². The van der Waals surface area contributed by atoms with Gasteiger partial charge in [-0.15, -0.1) is 5.10 Å². The molecule has 128 valence electrons. The fourth-order valence-electron chi connectivity index (χ4n) is 1.67. The SMILES string of the molecule is Cc1ccc(/C(=N/C(Cl)=C(Cl)Cl)n2nc(C(F)(F)F)nc2N)cc1. The Morgan fingerprint density at radius 3 is 2.21 bits per heavy atom. The molecule has 0 saturated carbocycles. The summed E-state index contributed by atoms with van der Waals surface area (Å²) in [4.78, 5) is 7.11. The molecule has 0 aliphatic heterocycles. The molecule has 0 aliphatic rings. The minimum Gasteiger partial charge on any atom is -0.368 e. The Hall–Kier alpha value is -1.77. The zero-order chi connectivity index (χ0) is 18.1. The third kappa shape index (κ3) is 4.19. The number of hydrogen-bond donors (Lipinski definition) is 1. The zero-order valence-corrected chi connectivity index (χ0v) is 14.2. The van der Waals surface area contributed by atoms with Crippen LogP contribution >= 0.6 is 34.8 Å². The van der Waals surface area contributed by atoms with Crippen molar-refractivity contribution in [3.05, 3.63) is 50.9 Å². The molecule has 0 spiro atoms. The molecule has 24 heavy (non-hydrogen) atoms. The van der Waals surface area contributed by atoms with E-state index in [1.54, 1.807) is 24.3 Å². The van der Waals surface area contributed by atoms with Crippen molar-refractivity contribution >= 4 is 46.6 Å². The third-order valence-corrected chi connectivity index (χ3v) is 3.58. The van der Waals surface area contributed by atoms with Crippen molar-refractivity contribution in [2.24, 2.45) is 4.99 Å². The standard InChI is InChI=1S/C13H9Cl3F3N5/c1-6-2-4-7(5-3-6)10(21-9(16)8(14)15)24-12(20)22-11(23-24)13(17,18)19/h2-5H,1H3,(H2,20,22,23)/b21-10-. The Kier molecular flexibility index (Phi) is 5.42. The monoisotopic (exact) mass is 397 g/mol. The number of aliphatic imine (C=N–C) groups is 1. The molecule has 2 N–H and O–H groups in total. The van der Waals surface area contributed by atoms with Gasteiger partial charge in [-0.25, -0.2) is 4.99 Å². The Morgan fingerprint density at radius 1 is 1.17 bits per heavy atom. The molecule has 0 bridgehead atoms. The van der Waals surface area contributed by atoms with Gasteiger partial charge < -0.3 is 5.73 Å². The molecule has 0 saturated heterocycles. The van der Waals surface area contributed by atoms with Crippen LogP contribution in [0.25, 0.3) is 0 Å². The number of nitrogens with two attached hydrogens (primary N) is 1. The molecule has 1 heterocycles. The van der Waals surface area contributed by atoms with Crippen molar-refractivity contribution in [1.82, 2.24) is 14.8 Å². The summed E-state index contributed by atoms with van der Waals surface area (Å²) in [5.41, 5.74) is 6.86. The fourth-order valence-corrected chi connectivity index (χ4v) is 1.84. The largest absolute Gasteiger partial charge is 0.453 e. The molecule has 1 aromatic heterocycles. The highest BCUT2D eigenvalue weighted by atomic mass is 35.5. The Morgan fingerprint density at radius 2 is 1.75 bits per heavy atom. The van der Waals surface area contributed by atoms with Gasteiger partial charge in [-0.1, -0.05) is 64.6 Å². The first-order valence-corrected chi connectivity index (χ1v) is 7.39. The summed E-state index contributed by atoms with van der Waals surface area (Å²) in [6, 6.07) is 6.66. The molecule has 0 fully saturated rings. The van der Waals surface area contributed by atoms with Gasteiger partial charge in [0.05, 0.1) is 0 Å². The average molecular weight is 399 g/mol. The van der Waals surface area contributed by atoms with Gasteiger partial charge in [0.25, 0.3) is 5.82 Å². The highest BCUT2D eigenvalue weighted by molar-refractivity contribution is 6.59.